The molecule has 0 bridgehead atoms. The Bertz CT molecular complexity index is 989. The third-order valence-corrected chi connectivity index (χ3v) is 5.40. The molecule has 0 amide bonds. The van der Waals surface area contributed by atoms with Gasteiger partial charge in [0.05, 0.1) is 15.5 Å². The van der Waals surface area contributed by atoms with E-state index in [1.807, 2.05) is 24.3 Å². The number of nitro groups is 1. The third-order valence-electron chi connectivity index (χ3n) is 4.19. The summed E-state index contributed by atoms with van der Waals surface area (Å²) in [5.41, 5.74) is 2.58. The minimum absolute atomic E-state index is 0.0192. The molecule has 0 atom stereocenters. The predicted octanol–water partition coefficient (Wildman–Crippen LogP) is 3.90. The topological polar surface area (TPSA) is 102 Å². The summed E-state index contributed by atoms with van der Waals surface area (Å²) in [4.78, 5) is 12.3. The van der Waals surface area contributed by atoms with Gasteiger partial charge in [0.25, 0.3) is 15.7 Å². The van der Waals surface area contributed by atoms with Gasteiger partial charge in [-0.2, -0.15) is 18.4 Å². The fourth-order valence-electron chi connectivity index (χ4n) is 2.41. The van der Waals surface area contributed by atoms with Crippen LogP contribution in [-0.4, -0.2) is 19.1 Å². The molecular weight excluding hydrogens is 366 g/mol. The second-order valence-corrected chi connectivity index (χ2v) is 8.99. The highest BCUT2D eigenvalue weighted by atomic mass is 32.2. The van der Waals surface area contributed by atoms with E-state index in [1.165, 1.54) is 12.1 Å². The van der Waals surface area contributed by atoms with Gasteiger partial charge in [-0.25, -0.2) is 0 Å². The maximum atomic E-state index is 12.4. The highest BCUT2D eigenvalue weighted by Gasteiger charge is 2.19. The first-order valence-electron chi connectivity index (χ1n) is 8.34. The average Bonchev–Trinajstić information content (AvgIpc) is 2.59. The van der Waals surface area contributed by atoms with Crippen LogP contribution in [0, 0.1) is 17.0 Å². The van der Waals surface area contributed by atoms with Gasteiger partial charge in [0.1, 0.15) is 0 Å². The molecule has 7 nitrogen and oxygen atoms in total. The van der Waals surface area contributed by atoms with E-state index in [1.54, 1.807) is 13.8 Å². The van der Waals surface area contributed by atoms with Crippen molar-refractivity contribution in [1.29, 1.82) is 0 Å². The lowest BCUT2D eigenvalue weighted by Gasteiger charge is -2.19. The quantitative estimate of drug-likeness (QED) is 0.476. The maximum absolute atomic E-state index is 12.4. The molecule has 8 heteroatoms. The molecule has 0 fully saturated rings. The van der Waals surface area contributed by atoms with Crippen molar-refractivity contribution < 1.29 is 13.3 Å². The Morgan fingerprint density at radius 2 is 1.70 bits per heavy atom. The number of nitro benzene ring substituents is 1. The minimum atomic E-state index is -4.01. The number of nitrogens with one attached hydrogen (secondary N) is 1. The average molecular weight is 389 g/mol. The van der Waals surface area contributed by atoms with Crippen LogP contribution >= 0.6 is 0 Å². The van der Waals surface area contributed by atoms with Crippen LogP contribution in [0.2, 0.25) is 0 Å². The molecule has 144 valence electrons. The molecular formula is C19H23N3O4S. The molecule has 0 unspecified atom stereocenters. The second-order valence-electron chi connectivity index (χ2n) is 7.32. The Labute approximate surface area is 159 Å². The zero-order valence-electron chi connectivity index (χ0n) is 16.0. The lowest BCUT2D eigenvalue weighted by atomic mass is 9.86. The highest BCUT2D eigenvalue weighted by molar-refractivity contribution is 7.89. The van der Waals surface area contributed by atoms with E-state index in [0.29, 0.717) is 11.3 Å². The first kappa shape index (κ1) is 20.6. The van der Waals surface area contributed by atoms with Crippen molar-refractivity contribution in [2.75, 3.05) is 0 Å². The zero-order chi connectivity index (χ0) is 20.4. The van der Waals surface area contributed by atoms with E-state index in [0.717, 1.165) is 17.2 Å². The normalized spacial score (nSPS) is 12.7. The van der Waals surface area contributed by atoms with Crippen LogP contribution in [0.25, 0.3) is 0 Å². The summed E-state index contributed by atoms with van der Waals surface area (Å²) >= 11 is 0. The lowest BCUT2D eigenvalue weighted by Crippen LogP contribution is -2.20. The molecule has 0 heterocycles. The number of nitrogens with zero attached hydrogens (tertiary/aromatic N) is 2. The van der Waals surface area contributed by atoms with Crippen molar-refractivity contribution in [3.8, 4) is 0 Å². The standard InChI is InChI=1S/C19H23N3O4S/c1-13-6-11-17(12-18(13)22(23)24)27(25,26)21-20-14(2)15-7-9-16(10-8-15)19(3,4)5/h6-12,21H,1-5H3/b20-14+. The third kappa shape index (κ3) is 4.91. The largest absolute Gasteiger partial charge is 0.276 e. The van der Waals surface area contributed by atoms with E-state index >= 15 is 0 Å². The first-order valence-corrected chi connectivity index (χ1v) is 9.82. The monoisotopic (exact) mass is 389 g/mol. The molecule has 2 aromatic rings. The summed E-state index contributed by atoms with van der Waals surface area (Å²) in [6.07, 6.45) is 0. The van der Waals surface area contributed by atoms with Crippen LogP contribution < -0.4 is 4.83 Å². The zero-order valence-corrected chi connectivity index (χ0v) is 16.8. The van der Waals surface area contributed by atoms with Gasteiger partial charge >= 0.3 is 0 Å². The number of rotatable bonds is 5. The molecule has 0 spiro atoms. The number of benzene rings is 2. The van der Waals surface area contributed by atoms with Crippen molar-refractivity contribution in [2.24, 2.45) is 5.10 Å². The molecule has 0 saturated carbocycles. The van der Waals surface area contributed by atoms with Gasteiger partial charge in [-0.05, 0) is 36.5 Å². The fourth-order valence-corrected chi connectivity index (χ4v) is 3.29. The molecule has 1 N–H and O–H groups in total. The molecule has 27 heavy (non-hydrogen) atoms. The Morgan fingerprint density at radius 1 is 1.11 bits per heavy atom. The Hall–Kier alpha value is -2.74. The van der Waals surface area contributed by atoms with E-state index in [-0.39, 0.29) is 16.0 Å². The Morgan fingerprint density at radius 3 is 2.22 bits per heavy atom. The molecule has 2 aromatic carbocycles. The summed E-state index contributed by atoms with van der Waals surface area (Å²) in [6, 6.07) is 11.5. The van der Waals surface area contributed by atoms with Crippen molar-refractivity contribution in [2.45, 2.75) is 44.9 Å². The molecule has 0 radical (unpaired) electrons. The summed E-state index contributed by atoms with van der Waals surface area (Å²) in [5.74, 6) is 0. The summed E-state index contributed by atoms with van der Waals surface area (Å²) in [5, 5.41) is 15.0. The van der Waals surface area contributed by atoms with Gasteiger partial charge in [0, 0.05) is 11.6 Å². The molecule has 2 rings (SSSR count). The number of sulfonamides is 1. The van der Waals surface area contributed by atoms with Gasteiger partial charge in [-0.15, -0.1) is 0 Å². The maximum Gasteiger partial charge on any atom is 0.276 e. The SMILES string of the molecule is C/C(=N\NS(=O)(=O)c1ccc(C)c([N+](=O)[O-])c1)c1ccc(C(C)(C)C)cc1. The van der Waals surface area contributed by atoms with Crippen LogP contribution in [0.4, 0.5) is 5.69 Å². The molecule has 0 aliphatic heterocycles. The summed E-state index contributed by atoms with van der Waals surface area (Å²) in [6.45, 7) is 9.56. The van der Waals surface area contributed by atoms with Gasteiger partial charge in [-0.1, -0.05) is 51.1 Å². The Kier molecular flexibility index (Phi) is 5.70. The van der Waals surface area contributed by atoms with Gasteiger partial charge < -0.3 is 0 Å². The van der Waals surface area contributed by atoms with Gasteiger partial charge in [-0.3, -0.25) is 10.1 Å². The summed E-state index contributed by atoms with van der Waals surface area (Å²) in [7, 11) is -4.01. The Balaban J connectivity index is 2.25. The van der Waals surface area contributed by atoms with Gasteiger partial charge in [0.15, 0.2) is 0 Å². The predicted molar refractivity (Wildman–Crippen MR) is 106 cm³/mol. The van der Waals surface area contributed by atoms with Crippen molar-refractivity contribution in [3.05, 3.63) is 69.3 Å². The number of hydrazone groups is 1. The van der Waals surface area contributed by atoms with Crippen LogP contribution in [0.1, 0.15) is 44.4 Å². The van der Waals surface area contributed by atoms with Crippen LogP contribution in [0.3, 0.4) is 0 Å². The fraction of sp³-hybridized carbons (Fsp3) is 0.316. The van der Waals surface area contributed by atoms with Crippen molar-refractivity contribution >= 4 is 21.4 Å². The smallest absolute Gasteiger partial charge is 0.258 e. The van der Waals surface area contributed by atoms with E-state index in [4.69, 9.17) is 0 Å². The van der Waals surface area contributed by atoms with Gasteiger partial charge in [0.2, 0.25) is 0 Å². The van der Waals surface area contributed by atoms with Crippen LogP contribution in [0.5, 0.6) is 0 Å². The van der Waals surface area contributed by atoms with Crippen molar-refractivity contribution in [3.63, 3.8) is 0 Å². The number of hydrogen-bond acceptors (Lipinski definition) is 5. The molecule has 0 aliphatic rings. The van der Waals surface area contributed by atoms with Crippen molar-refractivity contribution in [1.82, 2.24) is 4.83 Å². The highest BCUT2D eigenvalue weighted by Crippen LogP contribution is 2.23. The van der Waals surface area contributed by atoms with E-state index < -0.39 is 14.9 Å². The van der Waals surface area contributed by atoms with Crippen LogP contribution in [0.15, 0.2) is 52.5 Å². The van der Waals surface area contributed by atoms with E-state index in [9.17, 15) is 18.5 Å². The lowest BCUT2D eigenvalue weighted by molar-refractivity contribution is -0.385. The number of hydrogen-bond donors (Lipinski definition) is 1. The molecule has 0 aliphatic carbocycles. The minimum Gasteiger partial charge on any atom is -0.258 e. The van der Waals surface area contributed by atoms with E-state index in [2.05, 4.69) is 30.7 Å². The number of aryl methyl sites for hydroxylation is 1. The molecule has 0 aromatic heterocycles. The molecule has 0 saturated heterocycles. The first-order chi connectivity index (χ1) is 12.4. The second kappa shape index (κ2) is 7.48. The van der Waals surface area contributed by atoms with Crippen LogP contribution in [-0.2, 0) is 15.4 Å². The summed E-state index contributed by atoms with van der Waals surface area (Å²) < 4.78 is 24.8.